The van der Waals surface area contributed by atoms with Crippen LogP contribution >= 0.6 is 0 Å². The summed E-state index contributed by atoms with van der Waals surface area (Å²) >= 11 is 0. The Bertz CT molecular complexity index is 408. The van der Waals surface area contributed by atoms with E-state index in [0.29, 0.717) is 5.95 Å². The van der Waals surface area contributed by atoms with Gasteiger partial charge in [0.1, 0.15) is 0 Å². The number of hydrogen-bond acceptors (Lipinski definition) is 4. The maximum Gasteiger partial charge on any atom is 0.374 e. The van der Waals surface area contributed by atoms with Crippen LogP contribution in [0.5, 0.6) is 0 Å². The first kappa shape index (κ1) is 11.9. The lowest BCUT2D eigenvalue weighted by molar-refractivity contribution is 0.0671. The molecule has 1 aliphatic carbocycles. The quantitative estimate of drug-likeness (QED) is 0.842. The van der Waals surface area contributed by atoms with Gasteiger partial charge in [-0.3, -0.25) is 4.57 Å². The highest BCUT2D eigenvalue weighted by atomic mass is 16.4. The van der Waals surface area contributed by atoms with Crippen molar-refractivity contribution in [2.24, 2.45) is 0 Å². The number of carboxylic acid groups (broad SMARTS) is 1. The molecule has 1 N–H and O–H groups in total. The lowest BCUT2D eigenvalue weighted by Gasteiger charge is -2.31. The molecule has 94 valence electrons. The molecule has 1 fully saturated rings. The second kappa shape index (κ2) is 4.73. The van der Waals surface area contributed by atoms with Crippen LogP contribution in [0.4, 0.5) is 5.95 Å². The zero-order valence-corrected chi connectivity index (χ0v) is 10.3. The topological polar surface area (TPSA) is 71.2 Å². The smallest absolute Gasteiger partial charge is 0.374 e. The largest absolute Gasteiger partial charge is 0.475 e. The summed E-state index contributed by atoms with van der Waals surface area (Å²) < 4.78 is 1.79. The van der Waals surface area contributed by atoms with Gasteiger partial charge in [-0.05, 0) is 33.1 Å². The molecule has 0 aromatic carbocycles. The molecule has 1 aliphatic rings. The zero-order valence-electron chi connectivity index (χ0n) is 10.3. The number of aromatic nitrogens is 3. The summed E-state index contributed by atoms with van der Waals surface area (Å²) in [6.07, 6.45) is 3.19. The molecule has 0 atom stereocenters. The fourth-order valence-electron chi connectivity index (χ4n) is 2.13. The van der Waals surface area contributed by atoms with Crippen molar-refractivity contribution in [3.63, 3.8) is 0 Å². The van der Waals surface area contributed by atoms with Gasteiger partial charge in [0.2, 0.25) is 11.8 Å². The van der Waals surface area contributed by atoms with Crippen LogP contribution in [0.3, 0.4) is 0 Å². The van der Waals surface area contributed by atoms with E-state index in [2.05, 4.69) is 10.2 Å². The van der Waals surface area contributed by atoms with Crippen molar-refractivity contribution in [2.75, 3.05) is 18.0 Å². The number of nitrogens with zero attached hydrogens (tertiary/aromatic N) is 4. The minimum absolute atomic E-state index is 0.0663. The SMILES string of the molecule is CCN(CC)c1nnc(C(=O)O)n1C1CCC1. The van der Waals surface area contributed by atoms with Crippen LogP contribution in [0.2, 0.25) is 0 Å². The predicted octanol–water partition coefficient (Wildman–Crippen LogP) is 1.55. The van der Waals surface area contributed by atoms with Crippen LogP contribution in [0, 0.1) is 0 Å². The summed E-state index contributed by atoms with van der Waals surface area (Å²) in [7, 11) is 0. The number of rotatable bonds is 5. The van der Waals surface area contributed by atoms with Gasteiger partial charge in [-0.2, -0.15) is 0 Å². The fourth-order valence-corrected chi connectivity index (χ4v) is 2.13. The minimum Gasteiger partial charge on any atom is -0.475 e. The molecule has 6 nitrogen and oxygen atoms in total. The maximum absolute atomic E-state index is 11.1. The van der Waals surface area contributed by atoms with Gasteiger partial charge in [0.15, 0.2) is 0 Å². The van der Waals surface area contributed by atoms with E-state index in [1.807, 2.05) is 18.7 Å². The highest BCUT2D eigenvalue weighted by Crippen LogP contribution is 2.35. The van der Waals surface area contributed by atoms with Crippen molar-refractivity contribution in [1.29, 1.82) is 0 Å². The van der Waals surface area contributed by atoms with Crippen LogP contribution in [0.1, 0.15) is 49.8 Å². The highest BCUT2D eigenvalue weighted by molar-refractivity contribution is 5.84. The Morgan fingerprint density at radius 1 is 1.41 bits per heavy atom. The molecule has 0 saturated heterocycles. The molecule has 2 rings (SSSR count). The van der Waals surface area contributed by atoms with E-state index >= 15 is 0 Å². The average molecular weight is 238 g/mol. The Balaban J connectivity index is 2.40. The monoisotopic (exact) mass is 238 g/mol. The standard InChI is InChI=1S/C11H18N4O2/c1-3-14(4-2)11-13-12-9(10(16)17)15(11)8-6-5-7-8/h8H,3-7H2,1-2H3,(H,16,17). The van der Waals surface area contributed by atoms with E-state index in [1.165, 1.54) is 0 Å². The van der Waals surface area contributed by atoms with Gasteiger partial charge in [-0.25, -0.2) is 4.79 Å². The summed E-state index contributed by atoms with van der Waals surface area (Å²) in [5.74, 6) is -0.239. The molecule has 0 radical (unpaired) electrons. The third-order valence-electron chi connectivity index (χ3n) is 3.36. The molecule has 0 unspecified atom stereocenters. The Labute approximate surface area is 100 Å². The van der Waals surface area contributed by atoms with Crippen molar-refractivity contribution in [1.82, 2.24) is 14.8 Å². The first-order valence-electron chi connectivity index (χ1n) is 6.12. The molecule has 1 saturated carbocycles. The van der Waals surface area contributed by atoms with Crippen molar-refractivity contribution in [2.45, 2.75) is 39.2 Å². The van der Waals surface area contributed by atoms with E-state index in [-0.39, 0.29) is 11.9 Å². The van der Waals surface area contributed by atoms with E-state index in [4.69, 9.17) is 5.11 Å². The molecule has 0 bridgehead atoms. The normalized spacial score (nSPS) is 15.6. The molecular weight excluding hydrogens is 220 g/mol. The van der Waals surface area contributed by atoms with E-state index in [9.17, 15) is 4.79 Å². The summed E-state index contributed by atoms with van der Waals surface area (Å²) in [6, 6.07) is 0.256. The van der Waals surface area contributed by atoms with E-state index < -0.39 is 5.97 Å². The Morgan fingerprint density at radius 2 is 2.06 bits per heavy atom. The number of carbonyl (C=O) groups is 1. The van der Waals surface area contributed by atoms with Gasteiger partial charge in [-0.1, -0.05) is 0 Å². The molecular formula is C11H18N4O2. The molecule has 0 spiro atoms. The third-order valence-corrected chi connectivity index (χ3v) is 3.36. The van der Waals surface area contributed by atoms with Crippen LogP contribution in [0.25, 0.3) is 0 Å². The molecule has 1 heterocycles. The second-order valence-corrected chi connectivity index (χ2v) is 4.26. The number of carboxylic acids is 1. The van der Waals surface area contributed by atoms with Gasteiger partial charge < -0.3 is 10.0 Å². The number of hydrogen-bond donors (Lipinski definition) is 1. The fraction of sp³-hybridized carbons (Fsp3) is 0.727. The number of anilines is 1. The summed E-state index contributed by atoms with van der Waals surface area (Å²) in [6.45, 7) is 5.68. The highest BCUT2D eigenvalue weighted by Gasteiger charge is 2.30. The zero-order chi connectivity index (χ0) is 12.4. The third kappa shape index (κ3) is 1.99. The molecule has 0 aliphatic heterocycles. The van der Waals surface area contributed by atoms with Crippen LogP contribution in [-0.4, -0.2) is 38.9 Å². The summed E-state index contributed by atoms with van der Waals surface area (Å²) in [5.41, 5.74) is 0. The van der Waals surface area contributed by atoms with Gasteiger partial charge in [0.25, 0.3) is 0 Å². The molecule has 0 amide bonds. The maximum atomic E-state index is 11.1. The Hall–Kier alpha value is -1.59. The van der Waals surface area contributed by atoms with Crippen molar-refractivity contribution in [3.8, 4) is 0 Å². The summed E-state index contributed by atoms with van der Waals surface area (Å²) in [4.78, 5) is 13.2. The van der Waals surface area contributed by atoms with E-state index in [1.54, 1.807) is 4.57 Å². The van der Waals surface area contributed by atoms with Gasteiger partial charge in [0, 0.05) is 19.1 Å². The Morgan fingerprint density at radius 3 is 2.47 bits per heavy atom. The summed E-state index contributed by atoms with van der Waals surface area (Å²) in [5, 5.41) is 17.0. The van der Waals surface area contributed by atoms with Crippen LogP contribution in [0.15, 0.2) is 0 Å². The van der Waals surface area contributed by atoms with Gasteiger partial charge in [-0.15, -0.1) is 10.2 Å². The van der Waals surface area contributed by atoms with Crippen molar-refractivity contribution < 1.29 is 9.90 Å². The lowest BCUT2D eigenvalue weighted by Crippen LogP contribution is -2.30. The first-order valence-corrected chi connectivity index (χ1v) is 6.12. The molecule has 1 aromatic heterocycles. The van der Waals surface area contributed by atoms with Crippen molar-refractivity contribution in [3.05, 3.63) is 5.82 Å². The minimum atomic E-state index is -0.997. The molecule has 1 aromatic rings. The molecule has 6 heteroatoms. The Kier molecular flexibility index (Phi) is 3.31. The average Bonchev–Trinajstić information content (AvgIpc) is 2.62. The lowest BCUT2D eigenvalue weighted by atomic mass is 9.93. The van der Waals surface area contributed by atoms with Crippen LogP contribution in [-0.2, 0) is 0 Å². The van der Waals surface area contributed by atoms with Gasteiger partial charge in [0.05, 0.1) is 0 Å². The van der Waals surface area contributed by atoms with E-state index in [0.717, 1.165) is 32.4 Å². The second-order valence-electron chi connectivity index (χ2n) is 4.26. The van der Waals surface area contributed by atoms with Gasteiger partial charge >= 0.3 is 5.97 Å². The molecule has 17 heavy (non-hydrogen) atoms. The van der Waals surface area contributed by atoms with Crippen LogP contribution < -0.4 is 4.90 Å². The first-order chi connectivity index (χ1) is 8.19. The number of aromatic carboxylic acids is 1. The van der Waals surface area contributed by atoms with Crippen molar-refractivity contribution >= 4 is 11.9 Å². The predicted molar refractivity (Wildman–Crippen MR) is 63.4 cm³/mol.